The Morgan fingerprint density at radius 1 is 1.14 bits per heavy atom. The quantitative estimate of drug-likeness (QED) is 0.559. The molecule has 0 aliphatic heterocycles. The van der Waals surface area contributed by atoms with E-state index in [-0.39, 0.29) is 5.91 Å². The van der Waals surface area contributed by atoms with E-state index in [1.165, 1.54) is 0 Å². The summed E-state index contributed by atoms with van der Waals surface area (Å²) in [4.78, 5) is 12.4. The largest absolute Gasteiger partial charge is 0.491 e. The fraction of sp³-hybridized carbons (Fsp3) is 0.238. The lowest BCUT2D eigenvalue weighted by Crippen LogP contribution is -2.22. The van der Waals surface area contributed by atoms with E-state index in [2.05, 4.69) is 10.4 Å². The first-order valence-corrected chi connectivity index (χ1v) is 9.28. The Kier molecular flexibility index (Phi) is 7.06. The van der Waals surface area contributed by atoms with Gasteiger partial charge >= 0.3 is 0 Å². The molecule has 3 rings (SSSR count). The first-order chi connectivity index (χ1) is 13.7. The number of carbonyl (C=O) groups excluding carboxylic acids is 1. The van der Waals surface area contributed by atoms with Crippen molar-refractivity contribution in [3.8, 4) is 5.75 Å². The fourth-order valence-corrected chi connectivity index (χ4v) is 2.79. The van der Waals surface area contributed by atoms with Gasteiger partial charge in [-0.15, -0.1) is 0 Å². The molecule has 28 heavy (non-hydrogen) atoms. The number of amides is 1. The Bertz CT molecular complexity index is 909. The van der Waals surface area contributed by atoms with Crippen LogP contribution in [0.2, 0.25) is 5.02 Å². The van der Waals surface area contributed by atoms with Crippen molar-refractivity contribution in [2.24, 2.45) is 0 Å². The van der Waals surface area contributed by atoms with E-state index in [4.69, 9.17) is 21.1 Å². The molecule has 2 aromatic carbocycles. The van der Waals surface area contributed by atoms with Crippen LogP contribution in [0.4, 0.5) is 0 Å². The summed E-state index contributed by atoms with van der Waals surface area (Å²) in [6, 6.07) is 15.2. The van der Waals surface area contributed by atoms with Gasteiger partial charge in [-0.3, -0.25) is 9.48 Å². The highest BCUT2D eigenvalue weighted by molar-refractivity contribution is 6.31. The molecule has 0 saturated heterocycles. The Balaban J connectivity index is 1.51. The van der Waals surface area contributed by atoms with Crippen LogP contribution in [0.15, 0.2) is 60.9 Å². The Morgan fingerprint density at radius 3 is 2.68 bits per heavy atom. The molecule has 0 aliphatic carbocycles. The topological polar surface area (TPSA) is 65.4 Å². The summed E-state index contributed by atoms with van der Waals surface area (Å²) >= 11 is 6.17. The standard InChI is InChI=1S/C21H22ClN3O3/c1-27-10-11-28-19-8-6-16(7-9-19)12-23-21(26)18-13-24-25(15-18)14-17-4-2-3-5-20(17)22/h2-9,13,15H,10-12,14H2,1H3,(H,23,26). The normalized spacial score (nSPS) is 10.6. The summed E-state index contributed by atoms with van der Waals surface area (Å²) in [5.74, 6) is 0.596. The first-order valence-electron chi connectivity index (χ1n) is 8.90. The predicted octanol–water partition coefficient (Wildman–Crippen LogP) is 3.54. The van der Waals surface area contributed by atoms with Crippen molar-refractivity contribution in [3.05, 3.63) is 82.6 Å². The SMILES string of the molecule is COCCOc1ccc(CNC(=O)c2cnn(Cc3ccccc3Cl)c2)cc1. The second-order valence-electron chi connectivity index (χ2n) is 6.19. The van der Waals surface area contributed by atoms with Crippen LogP contribution in [0.3, 0.4) is 0 Å². The molecule has 0 spiro atoms. The van der Waals surface area contributed by atoms with Crippen molar-refractivity contribution in [1.82, 2.24) is 15.1 Å². The van der Waals surface area contributed by atoms with Gasteiger partial charge in [0, 0.05) is 24.9 Å². The second kappa shape index (κ2) is 9.92. The van der Waals surface area contributed by atoms with Gasteiger partial charge < -0.3 is 14.8 Å². The number of halogens is 1. The van der Waals surface area contributed by atoms with Gasteiger partial charge in [-0.2, -0.15) is 5.10 Å². The number of rotatable bonds is 9. The fourth-order valence-electron chi connectivity index (χ4n) is 2.60. The first kappa shape index (κ1) is 19.9. The van der Waals surface area contributed by atoms with Crippen molar-refractivity contribution >= 4 is 17.5 Å². The summed E-state index contributed by atoms with van der Waals surface area (Å²) in [5, 5.41) is 7.82. The van der Waals surface area contributed by atoms with Crippen molar-refractivity contribution in [1.29, 1.82) is 0 Å². The van der Waals surface area contributed by atoms with Gasteiger partial charge in [0.15, 0.2) is 0 Å². The lowest BCUT2D eigenvalue weighted by molar-refractivity contribution is 0.0951. The molecule has 7 heteroatoms. The zero-order valence-electron chi connectivity index (χ0n) is 15.6. The third-order valence-electron chi connectivity index (χ3n) is 4.12. The summed E-state index contributed by atoms with van der Waals surface area (Å²) in [7, 11) is 1.63. The van der Waals surface area contributed by atoms with Crippen LogP contribution in [-0.2, 0) is 17.8 Å². The maximum Gasteiger partial charge on any atom is 0.254 e. The highest BCUT2D eigenvalue weighted by atomic mass is 35.5. The van der Waals surface area contributed by atoms with Crippen molar-refractivity contribution in [2.45, 2.75) is 13.1 Å². The molecule has 1 heterocycles. The maximum absolute atomic E-state index is 12.4. The van der Waals surface area contributed by atoms with Crippen LogP contribution in [0.5, 0.6) is 5.75 Å². The highest BCUT2D eigenvalue weighted by Crippen LogP contribution is 2.16. The van der Waals surface area contributed by atoms with Gasteiger partial charge in [0.25, 0.3) is 5.91 Å². The van der Waals surface area contributed by atoms with E-state index in [9.17, 15) is 4.79 Å². The minimum atomic E-state index is -0.175. The van der Waals surface area contributed by atoms with Crippen molar-refractivity contribution in [3.63, 3.8) is 0 Å². The van der Waals surface area contributed by atoms with E-state index >= 15 is 0 Å². The molecular weight excluding hydrogens is 378 g/mol. The zero-order chi connectivity index (χ0) is 19.8. The molecular formula is C21H22ClN3O3. The number of ether oxygens (including phenoxy) is 2. The van der Waals surface area contributed by atoms with E-state index < -0.39 is 0 Å². The molecule has 1 N–H and O–H groups in total. The van der Waals surface area contributed by atoms with Crippen LogP contribution in [0, 0.1) is 0 Å². The number of nitrogens with one attached hydrogen (secondary N) is 1. The number of methoxy groups -OCH3 is 1. The smallest absolute Gasteiger partial charge is 0.254 e. The number of hydrogen-bond acceptors (Lipinski definition) is 4. The van der Waals surface area contributed by atoms with Crippen LogP contribution in [0.25, 0.3) is 0 Å². The molecule has 0 aliphatic rings. The summed E-state index contributed by atoms with van der Waals surface area (Å²) in [6.45, 7) is 1.98. The minimum Gasteiger partial charge on any atom is -0.491 e. The van der Waals surface area contributed by atoms with Crippen LogP contribution >= 0.6 is 11.6 Å². The van der Waals surface area contributed by atoms with E-state index in [0.717, 1.165) is 16.9 Å². The number of aromatic nitrogens is 2. The van der Waals surface area contributed by atoms with Gasteiger partial charge in [0.2, 0.25) is 0 Å². The number of hydrogen-bond donors (Lipinski definition) is 1. The molecule has 0 bridgehead atoms. The van der Waals surface area contributed by atoms with Crippen LogP contribution in [-0.4, -0.2) is 36.0 Å². The van der Waals surface area contributed by atoms with Crippen LogP contribution < -0.4 is 10.1 Å². The van der Waals surface area contributed by atoms with Crippen molar-refractivity contribution in [2.75, 3.05) is 20.3 Å². The third-order valence-corrected chi connectivity index (χ3v) is 4.49. The molecule has 0 radical (unpaired) electrons. The van der Waals surface area contributed by atoms with Gasteiger partial charge in [-0.25, -0.2) is 0 Å². The predicted molar refractivity (Wildman–Crippen MR) is 108 cm³/mol. The lowest BCUT2D eigenvalue weighted by Gasteiger charge is -2.07. The molecule has 6 nitrogen and oxygen atoms in total. The molecule has 146 valence electrons. The van der Waals surface area contributed by atoms with Gasteiger partial charge in [0.1, 0.15) is 12.4 Å². The minimum absolute atomic E-state index is 0.175. The Morgan fingerprint density at radius 2 is 1.93 bits per heavy atom. The van der Waals surface area contributed by atoms with Gasteiger partial charge in [0.05, 0.1) is 24.9 Å². The van der Waals surface area contributed by atoms with E-state index in [1.54, 1.807) is 24.2 Å². The monoisotopic (exact) mass is 399 g/mol. The Hall–Kier alpha value is -2.83. The second-order valence-corrected chi connectivity index (χ2v) is 6.59. The molecule has 0 unspecified atom stereocenters. The molecule has 0 fully saturated rings. The summed E-state index contributed by atoms with van der Waals surface area (Å²) < 4.78 is 12.2. The van der Waals surface area contributed by atoms with Crippen molar-refractivity contribution < 1.29 is 14.3 Å². The average Bonchev–Trinajstić information content (AvgIpc) is 3.18. The molecule has 0 atom stereocenters. The zero-order valence-corrected chi connectivity index (χ0v) is 16.4. The molecule has 1 aromatic heterocycles. The third kappa shape index (κ3) is 5.58. The van der Waals surface area contributed by atoms with E-state index in [0.29, 0.717) is 36.9 Å². The summed E-state index contributed by atoms with van der Waals surface area (Å²) in [6.07, 6.45) is 3.27. The summed E-state index contributed by atoms with van der Waals surface area (Å²) in [5.41, 5.74) is 2.44. The number of nitrogens with zero attached hydrogens (tertiary/aromatic N) is 2. The van der Waals surface area contributed by atoms with E-state index in [1.807, 2.05) is 48.5 Å². The maximum atomic E-state index is 12.4. The lowest BCUT2D eigenvalue weighted by atomic mass is 10.2. The number of benzene rings is 2. The molecule has 3 aromatic rings. The average molecular weight is 400 g/mol. The molecule has 0 saturated carbocycles. The van der Waals surface area contributed by atoms with Crippen LogP contribution in [0.1, 0.15) is 21.5 Å². The van der Waals surface area contributed by atoms with Gasteiger partial charge in [-0.05, 0) is 29.3 Å². The number of carbonyl (C=O) groups is 1. The highest BCUT2D eigenvalue weighted by Gasteiger charge is 2.09. The molecule has 1 amide bonds. The Labute approximate surface area is 169 Å². The van der Waals surface area contributed by atoms with Gasteiger partial charge in [-0.1, -0.05) is 41.9 Å².